The second-order valence-electron chi connectivity index (χ2n) is 0.143. The Morgan fingerprint density at radius 2 is 2.25 bits per heavy atom. The van der Waals surface area contributed by atoms with E-state index >= 15 is 0 Å². The molecule has 0 aromatic rings. The summed E-state index contributed by atoms with van der Waals surface area (Å²) in [6.07, 6.45) is 0. The summed E-state index contributed by atoms with van der Waals surface area (Å²) in [5.74, 6) is 0. The van der Waals surface area contributed by atoms with E-state index in [4.69, 9.17) is 9.01 Å². The molecule has 1 N–H and O–H groups in total. The van der Waals surface area contributed by atoms with Crippen LogP contribution in [0.25, 0.3) is 0 Å². The molecule has 0 spiro atoms. The van der Waals surface area contributed by atoms with Crippen molar-refractivity contribution in [1.29, 1.82) is 0 Å². The Kier molecular flexibility index (Phi) is 3.08. The maximum absolute atomic E-state index is 8.78. The summed E-state index contributed by atoms with van der Waals surface area (Å²) in [7, 11) is 0. The van der Waals surface area contributed by atoms with E-state index in [1.54, 1.807) is 0 Å². The summed E-state index contributed by atoms with van der Waals surface area (Å²) in [4.78, 5) is 9.99. The standard InChI is InChI=1S/CO.Co.H2O/c1-2;;/h;;1H2/q;+1;/p-1. The van der Waals surface area contributed by atoms with E-state index in [-0.39, 0.29) is 14.6 Å². The van der Waals surface area contributed by atoms with Crippen molar-refractivity contribution in [2.24, 2.45) is 0 Å². The van der Waals surface area contributed by atoms with Crippen LogP contribution in [0.5, 0.6) is 0 Å². The first-order valence-electron chi connectivity index (χ1n) is 0.520. The van der Waals surface area contributed by atoms with Gasteiger partial charge in [-0.3, -0.25) is 0 Å². The predicted molar refractivity (Wildman–Crippen MR) is 7.91 cm³/mol. The third-order valence-electron chi connectivity index (χ3n) is 0.0304. The SMILES string of the molecule is O=[C]=[Co][OH]. The van der Waals surface area contributed by atoms with Gasteiger partial charge in [0.1, 0.15) is 0 Å². The van der Waals surface area contributed by atoms with Crippen LogP contribution in [0.3, 0.4) is 0 Å². The molecule has 0 aliphatic heterocycles. The van der Waals surface area contributed by atoms with Crippen molar-refractivity contribution in [3.63, 3.8) is 0 Å². The molecule has 0 aliphatic rings. The Balaban J connectivity index is 3.11. The van der Waals surface area contributed by atoms with Crippen molar-refractivity contribution in [2.75, 3.05) is 0 Å². The van der Waals surface area contributed by atoms with Crippen LogP contribution in [-0.2, 0) is 19.4 Å². The summed E-state index contributed by atoms with van der Waals surface area (Å²) in [5.41, 5.74) is 0. The third-order valence-corrected chi connectivity index (χ3v) is 0.125. The Hall–Kier alpha value is 0.0465. The fraction of sp³-hybridized carbons (Fsp3) is 0. The molecule has 0 aromatic heterocycles. The molecule has 3 heteroatoms. The van der Waals surface area contributed by atoms with Crippen LogP contribution in [-0.4, -0.2) is 9.04 Å². The molecule has 0 radical (unpaired) electrons. The van der Waals surface area contributed by atoms with Crippen LogP contribution < -0.4 is 0 Å². The van der Waals surface area contributed by atoms with Gasteiger partial charge in [0.2, 0.25) is 0 Å². The topological polar surface area (TPSA) is 37.3 Å². The Bertz CT molecular complexity index is 44.0. The van der Waals surface area contributed by atoms with Crippen LogP contribution in [0.2, 0.25) is 0 Å². The third kappa shape index (κ3) is 2.05. The summed E-state index contributed by atoms with van der Waals surface area (Å²) in [6.45, 7) is 0. The van der Waals surface area contributed by atoms with Crippen molar-refractivity contribution in [1.82, 2.24) is 0 Å². The Morgan fingerprint density at radius 1 is 2.00 bits per heavy atom. The van der Waals surface area contributed by atoms with E-state index in [0.29, 0.717) is 0 Å². The van der Waals surface area contributed by atoms with Gasteiger partial charge in [-0.1, -0.05) is 0 Å². The monoisotopic (exact) mass is 104 g/mol. The fourth-order valence-corrected chi connectivity index (χ4v) is 0. The minimum atomic E-state index is -0.285. The van der Waals surface area contributed by atoms with E-state index in [2.05, 4.69) is 0 Å². The van der Waals surface area contributed by atoms with Gasteiger partial charge < -0.3 is 0 Å². The molecule has 0 aromatic carbocycles. The minimum absolute atomic E-state index is 0.285. The molecule has 0 fully saturated rings. The van der Waals surface area contributed by atoms with Crippen molar-refractivity contribution < 1.29 is 23.6 Å². The second-order valence-corrected chi connectivity index (χ2v) is 0.588. The summed E-state index contributed by atoms with van der Waals surface area (Å²) in [5, 5.41) is 0. The molecule has 0 bridgehead atoms. The van der Waals surface area contributed by atoms with Crippen LogP contribution in [0.4, 0.5) is 0 Å². The van der Waals surface area contributed by atoms with Gasteiger partial charge in [0.25, 0.3) is 0 Å². The molecule has 4 heavy (non-hydrogen) atoms. The van der Waals surface area contributed by atoms with Gasteiger partial charge in [-0.25, -0.2) is 0 Å². The number of hydrogen-bond donors (Lipinski definition) is 1. The molecular weight excluding hydrogens is 103 g/mol. The van der Waals surface area contributed by atoms with E-state index < -0.39 is 0 Å². The van der Waals surface area contributed by atoms with Gasteiger partial charge in [0, 0.05) is 0 Å². The molecule has 0 atom stereocenters. The average Bonchev–Trinajstić information content (AvgIpc) is 1.37. The van der Waals surface area contributed by atoms with Crippen LogP contribution in [0, 0.1) is 0 Å². The normalized spacial score (nSPS) is 6.25. The van der Waals surface area contributed by atoms with Crippen LogP contribution in [0.15, 0.2) is 0 Å². The van der Waals surface area contributed by atoms with Crippen molar-refractivity contribution >= 4 is 4.82 Å². The fourth-order valence-electron chi connectivity index (χ4n) is 0. The van der Waals surface area contributed by atoms with Gasteiger partial charge in [0.05, 0.1) is 0 Å². The molecule has 0 heterocycles. The van der Waals surface area contributed by atoms with Gasteiger partial charge in [-0.05, 0) is 0 Å². The van der Waals surface area contributed by atoms with E-state index in [1.165, 1.54) is 4.82 Å². The molecule has 0 saturated heterocycles. The summed E-state index contributed by atoms with van der Waals surface area (Å²) >= 11 is -0.285. The number of rotatable bonds is 0. The Labute approximate surface area is 29.3 Å². The zero-order valence-electron chi connectivity index (χ0n) is 1.69. The van der Waals surface area contributed by atoms with Crippen LogP contribution >= 0.6 is 0 Å². The zero-order valence-corrected chi connectivity index (χ0v) is 2.73. The first-order valence-corrected chi connectivity index (χ1v) is 1.51. The van der Waals surface area contributed by atoms with Gasteiger partial charge in [-0.15, -0.1) is 0 Å². The summed E-state index contributed by atoms with van der Waals surface area (Å²) < 4.78 is 7.42. The van der Waals surface area contributed by atoms with Crippen molar-refractivity contribution in [3.05, 3.63) is 0 Å². The van der Waals surface area contributed by atoms with E-state index in [1.807, 2.05) is 0 Å². The zero-order chi connectivity index (χ0) is 3.41. The van der Waals surface area contributed by atoms with Crippen molar-refractivity contribution in [3.8, 4) is 0 Å². The molecule has 0 unspecified atom stereocenters. The Morgan fingerprint density at radius 3 is 2.25 bits per heavy atom. The number of carbonyl (C=O) groups excluding carboxylic acids is 1. The van der Waals surface area contributed by atoms with Crippen LogP contribution in [0.1, 0.15) is 0 Å². The van der Waals surface area contributed by atoms with Gasteiger partial charge >= 0.3 is 28.4 Å². The average molecular weight is 104 g/mol. The predicted octanol–water partition coefficient (Wildman–Crippen LogP) is -0.957. The summed E-state index contributed by atoms with van der Waals surface area (Å²) in [6, 6.07) is 0. The molecule has 26 valence electrons. The molecular formula is CHCoO2. The maximum atomic E-state index is 8.78. The molecule has 0 aliphatic carbocycles. The first kappa shape index (κ1) is 4.05. The quantitative estimate of drug-likeness (QED) is 0.429. The first-order chi connectivity index (χ1) is 1.91. The van der Waals surface area contributed by atoms with Gasteiger partial charge in [0.15, 0.2) is 0 Å². The number of hydrogen-bond acceptors (Lipinski definition) is 2. The van der Waals surface area contributed by atoms with Gasteiger partial charge in [-0.2, -0.15) is 0 Å². The second kappa shape index (κ2) is 3.05. The van der Waals surface area contributed by atoms with E-state index in [9.17, 15) is 0 Å². The molecule has 0 amide bonds. The molecule has 2 nitrogen and oxygen atoms in total. The van der Waals surface area contributed by atoms with E-state index in [0.717, 1.165) is 0 Å². The molecule has 0 rings (SSSR count). The van der Waals surface area contributed by atoms with Crippen molar-refractivity contribution in [2.45, 2.75) is 0 Å². The molecule has 0 saturated carbocycles.